The summed E-state index contributed by atoms with van der Waals surface area (Å²) in [5.41, 5.74) is 1.35. The van der Waals surface area contributed by atoms with Gasteiger partial charge in [0.25, 0.3) is 5.91 Å². The fraction of sp³-hybridized carbons (Fsp3) is 0.308. The molecule has 1 amide bonds. The van der Waals surface area contributed by atoms with Crippen LogP contribution in [0.4, 0.5) is 5.00 Å². The lowest BCUT2D eigenvalue weighted by atomic mass is 10.1. The molecular formula is C26H27NO6S. The van der Waals surface area contributed by atoms with E-state index in [1.165, 1.54) is 11.3 Å². The number of nitrogens with one attached hydrogen (secondary N) is 1. The first-order valence-corrected chi connectivity index (χ1v) is 12.1. The molecule has 1 unspecified atom stereocenters. The molecule has 0 fully saturated rings. The average Bonchev–Trinajstić information content (AvgIpc) is 3.26. The third kappa shape index (κ3) is 5.34. The summed E-state index contributed by atoms with van der Waals surface area (Å²) in [6.07, 6.45) is -0.506. The van der Waals surface area contributed by atoms with Crippen molar-refractivity contribution in [3.8, 4) is 17.2 Å². The van der Waals surface area contributed by atoms with E-state index in [-0.39, 0.29) is 24.7 Å². The van der Waals surface area contributed by atoms with E-state index in [1.54, 1.807) is 36.6 Å². The SMILES string of the molecule is CCOC(=O)c1c(C2COc3ccccc3O2)csc1NC(=O)c1ccc(OCC(C)C)cc1. The van der Waals surface area contributed by atoms with Crippen molar-refractivity contribution in [2.24, 2.45) is 5.92 Å². The number of fused-ring (bicyclic) bond motifs is 1. The van der Waals surface area contributed by atoms with Gasteiger partial charge in [0.15, 0.2) is 17.6 Å². The Morgan fingerprint density at radius 2 is 1.85 bits per heavy atom. The quantitative estimate of drug-likeness (QED) is 0.414. The van der Waals surface area contributed by atoms with E-state index in [2.05, 4.69) is 19.2 Å². The molecule has 178 valence electrons. The zero-order chi connectivity index (χ0) is 24.1. The summed E-state index contributed by atoms with van der Waals surface area (Å²) in [5.74, 6) is 1.51. The number of carbonyl (C=O) groups excluding carboxylic acids is 2. The Morgan fingerprint density at radius 3 is 2.56 bits per heavy atom. The molecular weight excluding hydrogens is 454 g/mol. The molecule has 1 aliphatic heterocycles. The van der Waals surface area contributed by atoms with Crippen LogP contribution in [0.25, 0.3) is 0 Å². The summed E-state index contributed by atoms with van der Waals surface area (Å²) < 4.78 is 22.9. The Kier molecular flexibility index (Phi) is 7.37. The van der Waals surface area contributed by atoms with Crippen LogP contribution in [0.5, 0.6) is 17.2 Å². The van der Waals surface area contributed by atoms with E-state index < -0.39 is 12.1 Å². The van der Waals surface area contributed by atoms with E-state index in [0.717, 1.165) is 0 Å². The molecule has 8 heteroatoms. The minimum absolute atomic E-state index is 0.213. The van der Waals surface area contributed by atoms with E-state index in [0.29, 0.717) is 45.9 Å². The first-order valence-electron chi connectivity index (χ1n) is 11.2. The van der Waals surface area contributed by atoms with E-state index in [9.17, 15) is 9.59 Å². The number of esters is 1. The van der Waals surface area contributed by atoms with Crippen molar-refractivity contribution in [3.63, 3.8) is 0 Å². The molecule has 0 bridgehead atoms. The maximum atomic E-state index is 12.9. The highest BCUT2D eigenvalue weighted by molar-refractivity contribution is 7.15. The number of hydrogen-bond acceptors (Lipinski definition) is 7. The Hall–Kier alpha value is -3.52. The van der Waals surface area contributed by atoms with Crippen molar-refractivity contribution in [3.05, 3.63) is 70.6 Å². The van der Waals surface area contributed by atoms with Gasteiger partial charge >= 0.3 is 5.97 Å². The minimum atomic E-state index is -0.519. The number of para-hydroxylation sites is 2. The molecule has 1 N–H and O–H groups in total. The molecule has 1 atom stereocenters. The van der Waals surface area contributed by atoms with Gasteiger partial charge in [-0.05, 0) is 49.2 Å². The van der Waals surface area contributed by atoms with Gasteiger partial charge in [-0.3, -0.25) is 4.79 Å². The minimum Gasteiger partial charge on any atom is -0.493 e. The Labute approximate surface area is 202 Å². The smallest absolute Gasteiger partial charge is 0.341 e. The van der Waals surface area contributed by atoms with Crippen molar-refractivity contribution in [1.29, 1.82) is 0 Å². The fourth-order valence-electron chi connectivity index (χ4n) is 3.43. The van der Waals surface area contributed by atoms with Gasteiger partial charge in [-0.2, -0.15) is 0 Å². The molecule has 0 radical (unpaired) electrons. The average molecular weight is 482 g/mol. The van der Waals surface area contributed by atoms with Crippen LogP contribution in [0.15, 0.2) is 53.9 Å². The molecule has 0 saturated heterocycles. The van der Waals surface area contributed by atoms with Crippen LogP contribution >= 0.6 is 11.3 Å². The van der Waals surface area contributed by atoms with Crippen molar-refractivity contribution >= 4 is 28.2 Å². The monoisotopic (exact) mass is 481 g/mol. The number of benzene rings is 2. The molecule has 2 aromatic carbocycles. The van der Waals surface area contributed by atoms with Gasteiger partial charge in [-0.15, -0.1) is 11.3 Å². The number of hydrogen-bond donors (Lipinski definition) is 1. The Morgan fingerprint density at radius 1 is 1.12 bits per heavy atom. The van der Waals surface area contributed by atoms with Crippen LogP contribution in [0.1, 0.15) is 53.2 Å². The zero-order valence-electron chi connectivity index (χ0n) is 19.3. The fourth-order valence-corrected chi connectivity index (χ4v) is 4.41. The van der Waals surface area contributed by atoms with Gasteiger partial charge < -0.3 is 24.3 Å². The summed E-state index contributed by atoms with van der Waals surface area (Å²) in [6.45, 7) is 6.93. The highest BCUT2D eigenvalue weighted by Gasteiger charge is 2.31. The van der Waals surface area contributed by atoms with Gasteiger partial charge in [0.05, 0.1) is 13.2 Å². The number of ether oxygens (including phenoxy) is 4. The molecule has 3 aromatic rings. The molecule has 4 rings (SSSR count). The van der Waals surface area contributed by atoms with Gasteiger partial charge in [-0.25, -0.2) is 4.79 Å². The maximum absolute atomic E-state index is 12.9. The van der Waals surface area contributed by atoms with Crippen LogP contribution in [0.3, 0.4) is 0 Å². The standard InChI is InChI=1S/C26H27NO6S/c1-4-30-26(29)23-19(22-14-32-20-7-5-6-8-21(20)33-22)15-34-25(23)27-24(28)17-9-11-18(12-10-17)31-13-16(2)3/h5-12,15-16,22H,4,13-14H2,1-3H3,(H,27,28). The lowest BCUT2D eigenvalue weighted by molar-refractivity contribution is 0.0513. The topological polar surface area (TPSA) is 83.1 Å². The number of carbonyl (C=O) groups is 2. The number of amides is 1. The molecule has 1 aromatic heterocycles. The second-order valence-electron chi connectivity index (χ2n) is 8.16. The molecule has 7 nitrogen and oxygen atoms in total. The van der Waals surface area contributed by atoms with Gasteiger partial charge in [0.2, 0.25) is 0 Å². The summed E-state index contributed by atoms with van der Waals surface area (Å²) >= 11 is 1.25. The van der Waals surface area contributed by atoms with E-state index in [1.807, 2.05) is 24.3 Å². The molecule has 34 heavy (non-hydrogen) atoms. The predicted molar refractivity (Wildman–Crippen MR) is 130 cm³/mol. The van der Waals surface area contributed by atoms with E-state index >= 15 is 0 Å². The van der Waals surface area contributed by atoms with Gasteiger partial charge in [0.1, 0.15) is 22.9 Å². The largest absolute Gasteiger partial charge is 0.493 e. The van der Waals surface area contributed by atoms with Crippen LogP contribution < -0.4 is 19.5 Å². The van der Waals surface area contributed by atoms with Crippen LogP contribution in [0, 0.1) is 5.92 Å². The van der Waals surface area contributed by atoms with Crippen molar-refractivity contribution in [2.75, 3.05) is 25.1 Å². The van der Waals surface area contributed by atoms with Crippen molar-refractivity contribution in [2.45, 2.75) is 26.9 Å². The lowest BCUT2D eigenvalue weighted by Crippen LogP contribution is -2.24. The second-order valence-corrected chi connectivity index (χ2v) is 9.04. The van der Waals surface area contributed by atoms with Crippen LogP contribution in [-0.2, 0) is 4.74 Å². The summed E-state index contributed by atoms with van der Waals surface area (Å²) in [4.78, 5) is 25.8. The molecule has 0 aliphatic carbocycles. The molecule has 0 saturated carbocycles. The van der Waals surface area contributed by atoms with E-state index in [4.69, 9.17) is 18.9 Å². The summed E-state index contributed by atoms with van der Waals surface area (Å²) in [6, 6.07) is 14.3. The third-order valence-electron chi connectivity index (χ3n) is 5.08. The van der Waals surface area contributed by atoms with Crippen LogP contribution in [0.2, 0.25) is 0 Å². The number of thiophene rings is 1. The predicted octanol–water partition coefficient (Wildman–Crippen LogP) is 5.72. The highest BCUT2D eigenvalue weighted by atomic mass is 32.1. The van der Waals surface area contributed by atoms with Gasteiger partial charge in [-0.1, -0.05) is 26.0 Å². The van der Waals surface area contributed by atoms with Crippen molar-refractivity contribution < 1.29 is 28.5 Å². The van der Waals surface area contributed by atoms with Crippen LogP contribution in [-0.4, -0.2) is 31.7 Å². The first kappa shape index (κ1) is 23.6. The number of rotatable bonds is 8. The second kappa shape index (κ2) is 10.6. The van der Waals surface area contributed by atoms with Crippen molar-refractivity contribution in [1.82, 2.24) is 0 Å². The normalized spacial score (nSPS) is 14.5. The first-order chi connectivity index (χ1) is 16.5. The molecule has 0 spiro atoms. The Bertz CT molecular complexity index is 1150. The Balaban J connectivity index is 1.54. The number of anilines is 1. The molecule has 1 aliphatic rings. The summed E-state index contributed by atoms with van der Waals surface area (Å²) in [7, 11) is 0. The van der Waals surface area contributed by atoms with Gasteiger partial charge in [0, 0.05) is 16.5 Å². The zero-order valence-corrected chi connectivity index (χ0v) is 20.1. The lowest BCUT2D eigenvalue weighted by Gasteiger charge is -2.26. The molecule has 2 heterocycles. The maximum Gasteiger partial charge on any atom is 0.341 e. The highest BCUT2D eigenvalue weighted by Crippen LogP contribution is 2.40. The summed E-state index contributed by atoms with van der Waals surface area (Å²) in [5, 5.41) is 5.06. The third-order valence-corrected chi connectivity index (χ3v) is 6.00.